The molecule has 1 heterocycles. The minimum absolute atomic E-state index is 0.893. The van der Waals surface area contributed by atoms with Crippen molar-refractivity contribution >= 4 is 34.1 Å². The predicted octanol–water partition coefficient (Wildman–Crippen LogP) is 3.51. The van der Waals surface area contributed by atoms with Crippen LogP contribution in [-0.4, -0.2) is 7.11 Å². The number of methoxy groups -OCH3 is 1. The first-order valence-corrected chi connectivity index (χ1v) is 5.25. The summed E-state index contributed by atoms with van der Waals surface area (Å²) >= 11 is 6.06. The average molecular weight is 210 g/mol. The number of hydrogen-bond acceptors (Lipinski definition) is 3. The van der Waals surface area contributed by atoms with Crippen LogP contribution in [0.2, 0.25) is 0 Å². The molecule has 0 unspecified atom stereocenters. The van der Waals surface area contributed by atoms with Crippen molar-refractivity contribution in [3.8, 4) is 5.06 Å². The van der Waals surface area contributed by atoms with Crippen LogP contribution in [0.4, 0.5) is 0 Å². The van der Waals surface area contributed by atoms with Crippen molar-refractivity contribution in [2.45, 2.75) is 11.8 Å². The fourth-order valence-electron chi connectivity index (χ4n) is 1.31. The van der Waals surface area contributed by atoms with Gasteiger partial charge in [-0.05, 0) is 19.1 Å². The lowest BCUT2D eigenvalue weighted by Crippen LogP contribution is -1.77. The molecule has 0 spiro atoms. The van der Waals surface area contributed by atoms with Gasteiger partial charge >= 0.3 is 0 Å². The molecule has 0 bridgehead atoms. The Hall–Kier alpha value is -0.670. The highest BCUT2D eigenvalue weighted by Gasteiger charge is 2.08. The number of rotatable bonds is 1. The van der Waals surface area contributed by atoms with Crippen molar-refractivity contribution in [1.29, 1.82) is 0 Å². The van der Waals surface area contributed by atoms with E-state index in [0.717, 1.165) is 9.96 Å². The maximum absolute atomic E-state index is 5.21. The molecule has 0 saturated carbocycles. The Balaban J connectivity index is 2.77. The summed E-state index contributed by atoms with van der Waals surface area (Å²) in [7, 11) is 1.68. The molecule has 68 valence electrons. The van der Waals surface area contributed by atoms with Crippen molar-refractivity contribution in [1.82, 2.24) is 0 Å². The molecule has 1 aromatic carbocycles. The Bertz CT molecular complexity index is 445. The lowest BCUT2D eigenvalue weighted by Gasteiger charge is -1.94. The summed E-state index contributed by atoms with van der Waals surface area (Å²) in [4.78, 5) is 0.950. The lowest BCUT2D eigenvalue weighted by molar-refractivity contribution is 0.419. The number of benzene rings is 1. The van der Waals surface area contributed by atoms with Gasteiger partial charge in [-0.25, -0.2) is 0 Å². The number of aryl methyl sites for hydroxylation is 1. The van der Waals surface area contributed by atoms with Crippen molar-refractivity contribution < 1.29 is 4.74 Å². The molecule has 0 aliphatic carbocycles. The fraction of sp³-hybridized carbons (Fsp3) is 0.200. The minimum Gasteiger partial charge on any atom is -0.486 e. The first kappa shape index (κ1) is 8.91. The summed E-state index contributed by atoms with van der Waals surface area (Å²) < 4.78 is 6.44. The second kappa shape index (κ2) is 3.24. The molecule has 0 atom stereocenters. The van der Waals surface area contributed by atoms with Crippen LogP contribution in [0.3, 0.4) is 0 Å². The smallest absolute Gasteiger partial charge is 0.188 e. The van der Waals surface area contributed by atoms with Crippen molar-refractivity contribution in [3.05, 3.63) is 23.8 Å². The van der Waals surface area contributed by atoms with Gasteiger partial charge in [0.1, 0.15) is 0 Å². The van der Waals surface area contributed by atoms with E-state index in [1.165, 1.54) is 15.6 Å². The summed E-state index contributed by atoms with van der Waals surface area (Å²) in [6.45, 7) is 2.08. The number of ether oxygens (including phenoxy) is 1. The molecule has 0 aliphatic heterocycles. The molecule has 1 nitrogen and oxygen atoms in total. The van der Waals surface area contributed by atoms with E-state index in [9.17, 15) is 0 Å². The molecule has 2 aromatic rings. The number of thiophene rings is 1. The van der Waals surface area contributed by atoms with E-state index in [2.05, 4.69) is 37.8 Å². The molecule has 13 heavy (non-hydrogen) atoms. The second-order valence-electron chi connectivity index (χ2n) is 2.94. The molecule has 0 aliphatic rings. The monoisotopic (exact) mass is 210 g/mol. The summed E-state index contributed by atoms with van der Waals surface area (Å²) in [5.74, 6) is 0. The van der Waals surface area contributed by atoms with Crippen LogP contribution >= 0.6 is 24.0 Å². The minimum atomic E-state index is 0.893. The second-order valence-corrected chi connectivity index (χ2v) is 4.40. The Morgan fingerprint density at radius 3 is 2.85 bits per heavy atom. The van der Waals surface area contributed by atoms with Gasteiger partial charge in [0, 0.05) is 10.1 Å². The summed E-state index contributed by atoms with van der Waals surface area (Å²) in [6.07, 6.45) is 0. The molecule has 0 N–H and O–H groups in total. The van der Waals surface area contributed by atoms with E-state index >= 15 is 0 Å². The van der Waals surface area contributed by atoms with E-state index in [4.69, 9.17) is 4.74 Å². The molecule has 0 saturated heterocycles. The Labute approximate surface area is 86.8 Å². The van der Waals surface area contributed by atoms with Crippen molar-refractivity contribution in [3.63, 3.8) is 0 Å². The third-order valence-corrected chi connectivity index (χ3v) is 3.70. The van der Waals surface area contributed by atoms with E-state index in [1.54, 1.807) is 18.4 Å². The highest BCUT2D eigenvalue weighted by molar-refractivity contribution is 7.81. The van der Waals surface area contributed by atoms with Gasteiger partial charge in [-0.3, -0.25) is 0 Å². The lowest BCUT2D eigenvalue weighted by atomic mass is 10.2. The normalized spacial score (nSPS) is 10.7. The molecular formula is C10H10OS2. The van der Waals surface area contributed by atoms with Crippen LogP contribution in [0.5, 0.6) is 5.06 Å². The maximum atomic E-state index is 5.21. The van der Waals surface area contributed by atoms with E-state index in [0.29, 0.717) is 0 Å². The van der Waals surface area contributed by atoms with Crippen molar-refractivity contribution in [2.75, 3.05) is 7.11 Å². The van der Waals surface area contributed by atoms with Gasteiger partial charge in [0.25, 0.3) is 0 Å². The van der Waals surface area contributed by atoms with Crippen LogP contribution in [0.25, 0.3) is 10.1 Å². The van der Waals surface area contributed by atoms with Crippen LogP contribution in [0.15, 0.2) is 23.1 Å². The van der Waals surface area contributed by atoms with E-state index in [1.807, 2.05) is 0 Å². The predicted molar refractivity (Wildman–Crippen MR) is 60.4 cm³/mol. The molecule has 2 rings (SSSR count). The third-order valence-electron chi connectivity index (χ3n) is 1.97. The Kier molecular flexibility index (Phi) is 2.22. The Morgan fingerprint density at radius 1 is 1.38 bits per heavy atom. The van der Waals surface area contributed by atoms with Crippen molar-refractivity contribution in [2.24, 2.45) is 0 Å². The SMILES string of the molecule is COc1sc2ccc(C)cc2c1S. The zero-order valence-electron chi connectivity index (χ0n) is 7.50. The highest BCUT2D eigenvalue weighted by Crippen LogP contribution is 2.40. The van der Waals surface area contributed by atoms with Gasteiger partial charge in [-0.1, -0.05) is 23.0 Å². The number of thiol groups is 1. The summed E-state index contributed by atoms with van der Waals surface area (Å²) in [6, 6.07) is 6.35. The topological polar surface area (TPSA) is 9.23 Å². The first-order valence-electron chi connectivity index (χ1n) is 3.98. The first-order chi connectivity index (χ1) is 6.22. The van der Waals surface area contributed by atoms with Gasteiger partial charge in [0.05, 0.1) is 12.0 Å². The van der Waals surface area contributed by atoms with Crippen LogP contribution in [0.1, 0.15) is 5.56 Å². The quantitative estimate of drug-likeness (QED) is 0.709. The standard InChI is InChI=1S/C10H10OS2/c1-6-3-4-8-7(5-6)9(12)10(11-2)13-8/h3-5,12H,1-2H3. The van der Waals surface area contributed by atoms with E-state index < -0.39 is 0 Å². The van der Waals surface area contributed by atoms with Gasteiger partial charge in [0.2, 0.25) is 0 Å². The highest BCUT2D eigenvalue weighted by atomic mass is 32.1. The number of hydrogen-bond donors (Lipinski definition) is 1. The average Bonchev–Trinajstić information content (AvgIpc) is 2.44. The third kappa shape index (κ3) is 1.42. The summed E-state index contributed by atoms with van der Waals surface area (Å²) in [5, 5.41) is 2.08. The molecular weight excluding hydrogens is 200 g/mol. The number of fused-ring (bicyclic) bond motifs is 1. The zero-order valence-corrected chi connectivity index (χ0v) is 9.21. The molecule has 0 fully saturated rings. The zero-order chi connectivity index (χ0) is 9.42. The fourth-order valence-corrected chi connectivity index (χ4v) is 2.70. The van der Waals surface area contributed by atoms with Crippen LogP contribution < -0.4 is 4.74 Å². The molecule has 0 radical (unpaired) electrons. The molecule has 3 heteroatoms. The van der Waals surface area contributed by atoms with Crippen LogP contribution in [0, 0.1) is 6.92 Å². The molecule has 1 aromatic heterocycles. The maximum Gasteiger partial charge on any atom is 0.188 e. The van der Waals surface area contributed by atoms with Gasteiger partial charge in [-0.15, -0.1) is 12.6 Å². The van der Waals surface area contributed by atoms with Gasteiger partial charge in [0.15, 0.2) is 5.06 Å². The Morgan fingerprint density at radius 2 is 2.15 bits per heavy atom. The molecule has 0 amide bonds. The van der Waals surface area contributed by atoms with Gasteiger partial charge in [-0.2, -0.15) is 0 Å². The largest absolute Gasteiger partial charge is 0.486 e. The van der Waals surface area contributed by atoms with Gasteiger partial charge < -0.3 is 4.74 Å². The van der Waals surface area contributed by atoms with Crippen LogP contribution in [-0.2, 0) is 0 Å². The van der Waals surface area contributed by atoms with E-state index in [-0.39, 0.29) is 0 Å². The summed E-state index contributed by atoms with van der Waals surface area (Å²) in [5.41, 5.74) is 1.25.